The highest BCUT2D eigenvalue weighted by molar-refractivity contribution is 7.92. The Labute approximate surface area is 157 Å². The van der Waals surface area contributed by atoms with Crippen LogP contribution in [0.25, 0.3) is 11.1 Å². The van der Waals surface area contributed by atoms with Crippen LogP contribution in [0.5, 0.6) is 5.75 Å². The van der Waals surface area contributed by atoms with Crippen molar-refractivity contribution in [3.63, 3.8) is 0 Å². The molecule has 4 rings (SSSR count). The van der Waals surface area contributed by atoms with E-state index in [1.165, 1.54) is 35.4 Å². The fourth-order valence-electron chi connectivity index (χ4n) is 3.24. The molecule has 4 nitrogen and oxygen atoms in total. The highest BCUT2D eigenvalue weighted by Crippen LogP contribution is 2.37. The molecule has 138 valence electrons. The second-order valence-electron chi connectivity index (χ2n) is 6.43. The van der Waals surface area contributed by atoms with Gasteiger partial charge in [-0.05, 0) is 65.1 Å². The van der Waals surface area contributed by atoms with Crippen molar-refractivity contribution in [1.82, 2.24) is 0 Å². The Hall–Kier alpha value is -2.86. The van der Waals surface area contributed by atoms with Crippen LogP contribution in [-0.4, -0.2) is 20.8 Å². The van der Waals surface area contributed by atoms with Gasteiger partial charge in [-0.3, -0.25) is 4.72 Å². The van der Waals surface area contributed by atoms with E-state index in [4.69, 9.17) is 4.74 Å². The number of halogens is 1. The molecule has 6 heteroatoms. The minimum atomic E-state index is -3.55. The van der Waals surface area contributed by atoms with Crippen molar-refractivity contribution < 1.29 is 17.5 Å². The number of sulfonamides is 1. The number of nitrogens with one attached hydrogen (secondary N) is 1. The van der Waals surface area contributed by atoms with E-state index in [-0.39, 0.29) is 18.2 Å². The van der Waals surface area contributed by atoms with Crippen LogP contribution in [-0.2, 0) is 16.4 Å². The molecule has 1 aliphatic rings. The molecule has 3 aromatic rings. The second kappa shape index (κ2) is 7.04. The first kappa shape index (κ1) is 17.5. The minimum Gasteiger partial charge on any atom is -0.492 e. The molecule has 0 fully saturated rings. The van der Waals surface area contributed by atoms with Gasteiger partial charge < -0.3 is 4.74 Å². The van der Waals surface area contributed by atoms with Crippen molar-refractivity contribution in [2.45, 2.75) is 6.42 Å². The molecule has 27 heavy (non-hydrogen) atoms. The Kier molecular flexibility index (Phi) is 4.58. The molecule has 0 saturated heterocycles. The van der Waals surface area contributed by atoms with Gasteiger partial charge in [0.05, 0.1) is 0 Å². The molecule has 0 unspecified atom stereocenters. The quantitative estimate of drug-likeness (QED) is 0.542. The highest BCUT2D eigenvalue weighted by Gasteiger charge is 2.19. The van der Waals surface area contributed by atoms with Gasteiger partial charge in [0.2, 0.25) is 10.0 Å². The van der Waals surface area contributed by atoms with Crippen LogP contribution in [0.4, 0.5) is 10.1 Å². The molecule has 0 heterocycles. The summed E-state index contributed by atoms with van der Waals surface area (Å²) in [6.45, 7) is -0.0165. The van der Waals surface area contributed by atoms with Gasteiger partial charge in [-0.1, -0.05) is 30.3 Å². The van der Waals surface area contributed by atoms with E-state index >= 15 is 0 Å². The van der Waals surface area contributed by atoms with Crippen molar-refractivity contribution in [2.75, 3.05) is 17.1 Å². The predicted octanol–water partition coefficient (Wildman–Crippen LogP) is 4.22. The van der Waals surface area contributed by atoms with Crippen molar-refractivity contribution in [3.05, 3.63) is 83.7 Å². The molecular formula is C21H18FNO3S. The van der Waals surface area contributed by atoms with E-state index in [2.05, 4.69) is 16.9 Å². The van der Waals surface area contributed by atoms with Crippen molar-refractivity contribution in [1.29, 1.82) is 0 Å². The summed E-state index contributed by atoms with van der Waals surface area (Å²) in [6.07, 6.45) is 0.800. The molecule has 0 bridgehead atoms. The lowest BCUT2D eigenvalue weighted by molar-refractivity contribution is 0.340. The molecule has 0 aromatic heterocycles. The predicted molar refractivity (Wildman–Crippen MR) is 104 cm³/mol. The van der Waals surface area contributed by atoms with Crippen LogP contribution in [0.3, 0.4) is 0 Å². The molecule has 0 spiro atoms. The van der Waals surface area contributed by atoms with Crippen LogP contribution in [0.15, 0.2) is 66.7 Å². The second-order valence-corrected chi connectivity index (χ2v) is 8.27. The number of hydrogen-bond acceptors (Lipinski definition) is 3. The third-order valence-corrected chi connectivity index (χ3v) is 5.75. The van der Waals surface area contributed by atoms with E-state index in [0.29, 0.717) is 11.4 Å². The molecular weight excluding hydrogens is 365 g/mol. The zero-order valence-corrected chi connectivity index (χ0v) is 15.3. The van der Waals surface area contributed by atoms with E-state index < -0.39 is 10.0 Å². The summed E-state index contributed by atoms with van der Waals surface area (Å²) in [4.78, 5) is 0. The van der Waals surface area contributed by atoms with Gasteiger partial charge in [-0.2, -0.15) is 0 Å². The summed E-state index contributed by atoms with van der Waals surface area (Å²) >= 11 is 0. The molecule has 0 amide bonds. The first-order valence-corrected chi connectivity index (χ1v) is 10.3. The lowest BCUT2D eigenvalue weighted by Crippen LogP contribution is -2.21. The van der Waals surface area contributed by atoms with Gasteiger partial charge in [0.1, 0.15) is 23.9 Å². The smallest absolute Gasteiger partial charge is 0.236 e. The maximum atomic E-state index is 12.9. The van der Waals surface area contributed by atoms with Crippen molar-refractivity contribution >= 4 is 15.7 Å². The van der Waals surface area contributed by atoms with E-state index in [1.807, 2.05) is 24.3 Å². The zero-order valence-electron chi connectivity index (χ0n) is 14.5. The maximum absolute atomic E-state index is 12.9. The summed E-state index contributed by atoms with van der Waals surface area (Å²) in [5.41, 5.74) is 5.25. The normalized spacial score (nSPS) is 12.3. The van der Waals surface area contributed by atoms with Gasteiger partial charge in [0.25, 0.3) is 0 Å². The summed E-state index contributed by atoms with van der Waals surface area (Å²) in [5.74, 6) is -0.126. The molecule has 0 saturated carbocycles. The Morgan fingerprint density at radius 2 is 1.67 bits per heavy atom. The van der Waals surface area contributed by atoms with Gasteiger partial charge in [-0.15, -0.1) is 0 Å². The van der Waals surface area contributed by atoms with Crippen LogP contribution in [0.2, 0.25) is 0 Å². The molecule has 3 aromatic carbocycles. The molecule has 0 aliphatic heterocycles. The van der Waals surface area contributed by atoms with Gasteiger partial charge >= 0.3 is 0 Å². The minimum absolute atomic E-state index is 0.0165. The fourth-order valence-corrected chi connectivity index (χ4v) is 4.13. The number of rotatable bonds is 6. The average Bonchev–Trinajstić information content (AvgIpc) is 3.00. The van der Waals surface area contributed by atoms with Crippen molar-refractivity contribution in [3.8, 4) is 16.9 Å². The average molecular weight is 383 g/mol. The SMILES string of the molecule is O=S(=O)(CCOc1ccc(F)cc1)Nc1ccc2c(c1)Cc1ccccc1-2. The van der Waals surface area contributed by atoms with Crippen LogP contribution >= 0.6 is 0 Å². The molecule has 0 radical (unpaired) electrons. The van der Waals surface area contributed by atoms with Crippen LogP contribution in [0, 0.1) is 5.82 Å². The summed E-state index contributed by atoms with van der Waals surface area (Å²) in [7, 11) is -3.55. The number of ether oxygens (including phenoxy) is 1. The first-order valence-electron chi connectivity index (χ1n) is 8.60. The Morgan fingerprint density at radius 1 is 0.926 bits per heavy atom. The summed E-state index contributed by atoms with van der Waals surface area (Å²) in [5, 5.41) is 0. The number of benzene rings is 3. The van der Waals surface area contributed by atoms with Crippen LogP contribution in [0.1, 0.15) is 11.1 Å². The van der Waals surface area contributed by atoms with Gasteiger partial charge in [0, 0.05) is 5.69 Å². The number of hydrogen-bond donors (Lipinski definition) is 1. The van der Waals surface area contributed by atoms with Crippen LogP contribution < -0.4 is 9.46 Å². The summed E-state index contributed by atoms with van der Waals surface area (Å²) in [6, 6.07) is 19.3. The first-order chi connectivity index (χ1) is 13.0. The van der Waals surface area contributed by atoms with Gasteiger partial charge in [-0.25, -0.2) is 12.8 Å². The summed E-state index contributed by atoms with van der Waals surface area (Å²) < 4.78 is 45.5. The topological polar surface area (TPSA) is 55.4 Å². The largest absolute Gasteiger partial charge is 0.492 e. The number of fused-ring (bicyclic) bond motifs is 3. The lowest BCUT2D eigenvalue weighted by atomic mass is 10.1. The highest BCUT2D eigenvalue weighted by atomic mass is 32.2. The Balaban J connectivity index is 1.40. The number of anilines is 1. The standard InChI is InChI=1S/C21H18FNO3S/c22-17-5-8-19(9-6-17)26-11-12-27(24,25)23-18-7-10-21-16(14-18)13-15-3-1-2-4-20(15)21/h1-10,14,23H,11-13H2. The monoisotopic (exact) mass is 383 g/mol. The molecule has 1 aliphatic carbocycles. The maximum Gasteiger partial charge on any atom is 0.236 e. The molecule has 1 N–H and O–H groups in total. The van der Waals surface area contributed by atoms with Crippen molar-refractivity contribution in [2.24, 2.45) is 0 Å². The lowest BCUT2D eigenvalue weighted by Gasteiger charge is -2.11. The Bertz CT molecular complexity index is 1080. The Morgan fingerprint density at radius 3 is 2.48 bits per heavy atom. The zero-order chi connectivity index (χ0) is 18.9. The van der Waals surface area contributed by atoms with Gasteiger partial charge in [0.15, 0.2) is 0 Å². The van der Waals surface area contributed by atoms with E-state index in [0.717, 1.165) is 17.5 Å². The van der Waals surface area contributed by atoms with E-state index in [1.54, 1.807) is 6.07 Å². The fraction of sp³-hybridized carbons (Fsp3) is 0.143. The third kappa shape index (κ3) is 3.95. The molecule has 0 atom stereocenters. The van der Waals surface area contributed by atoms with E-state index in [9.17, 15) is 12.8 Å². The third-order valence-electron chi connectivity index (χ3n) is 4.50.